The summed E-state index contributed by atoms with van der Waals surface area (Å²) >= 11 is 3.61. The first-order valence-electron chi connectivity index (χ1n) is 7.46. The van der Waals surface area contributed by atoms with E-state index in [0.29, 0.717) is 0 Å². The van der Waals surface area contributed by atoms with E-state index in [4.69, 9.17) is 4.74 Å². The summed E-state index contributed by atoms with van der Waals surface area (Å²) < 4.78 is 6.89. The van der Waals surface area contributed by atoms with E-state index in [1.807, 2.05) is 0 Å². The molecular formula is C18H24BrNO. The van der Waals surface area contributed by atoms with Crippen LogP contribution in [-0.2, 0) is 11.2 Å². The van der Waals surface area contributed by atoms with E-state index in [1.54, 1.807) is 0 Å². The Balaban J connectivity index is 1.86. The van der Waals surface area contributed by atoms with Gasteiger partial charge in [0, 0.05) is 16.6 Å². The van der Waals surface area contributed by atoms with Gasteiger partial charge in [-0.25, -0.2) is 0 Å². The molecule has 2 nitrogen and oxygen atoms in total. The second-order valence-electron chi connectivity index (χ2n) is 6.29. The molecule has 0 aliphatic heterocycles. The minimum Gasteiger partial charge on any atom is -0.380 e. The van der Waals surface area contributed by atoms with E-state index in [1.165, 1.54) is 16.3 Å². The van der Waals surface area contributed by atoms with Crippen LogP contribution >= 0.6 is 15.9 Å². The molecule has 0 unspecified atom stereocenters. The fraction of sp³-hybridized carbons (Fsp3) is 0.444. The smallest absolute Gasteiger partial charge is 0.0591 e. The molecule has 2 aromatic carbocycles. The second kappa shape index (κ2) is 7.39. The first-order chi connectivity index (χ1) is 9.97. The largest absolute Gasteiger partial charge is 0.380 e. The van der Waals surface area contributed by atoms with Gasteiger partial charge in [-0.2, -0.15) is 0 Å². The molecular weight excluding hydrogens is 326 g/mol. The zero-order chi connectivity index (χ0) is 15.3. The number of benzene rings is 2. The van der Waals surface area contributed by atoms with Gasteiger partial charge in [-0.1, -0.05) is 46.3 Å². The maximum Gasteiger partial charge on any atom is 0.0591 e. The average molecular weight is 350 g/mol. The maximum atomic E-state index is 5.74. The standard InChI is InChI=1S/C18H24BrNO/c1-18(2,3)20-11-13-21-12-10-14-8-9-17(19)16-7-5-4-6-15(14)16/h4-9,20H,10-13H2,1-3H3. The molecule has 3 heteroatoms. The van der Waals surface area contributed by atoms with Crippen LogP contribution in [0.5, 0.6) is 0 Å². The minimum absolute atomic E-state index is 0.158. The third-order valence-corrected chi connectivity index (χ3v) is 4.07. The number of hydrogen-bond donors (Lipinski definition) is 1. The predicted molar refractivity (Wildman–Crippen MR) is 93.9 cm³/mol. The average Bonchev–Trinajstić information content (AvgIpc) is 2.44. The van der Waals surface area contributed by atoms with Gasteiger partial charge in [0.25, 0.3) is 0 Å². The third-order valence-electron chi connectivity index (χ3n) is 3.38. The first kappa shape index (κ1) is 16.5. The number of nitrogens with one attached hydrogen (secondary N) is 1. The van der Waals surface area contributed by atoms with Crippen molar-refractivity contribution in [1.82, 2.24) is 5.32 Å². The van der Waals surface area contributed by atoms with Crippen molar-refractivity contribution in [2.75, 3.05) is 19.8 Å². The fourth-order valence-electron chi connectivity index (χ4n) is 2.33. The summed E-state index contributed by atoms with van der Waals surface area (Å²) in [7, 11) is 0. The summed E-state index contributed by atoms with van der Waals surface area (Å²) in [6.45, 7) is 8.91. The molecule has 0 fully saturated rings. The number of halogens is 1. The molecule has 114 valence electrons. The highest BCUT2D eigenvalue weighted by molar-refractivity contribution is 9.10. The summed E-state index contributed by atoms with van der Waals surface area (Å²) in [5.41, 5.74) is 1.50. The molecule has 0 aromatic heterocycles. The SMILES string of the molecule is CC(C)(C)NCCOCCc1ccc(Br)c2ccccc12. The molecule has 21 heavy (non-hydrogen) atoms. The minimum atomic E-state index is 0.158. The fourth-order valence-corrected chi connectivity index (χ4v) is 2.80. The van der Waals surface area contributed by atoms with E-state index in [-0.39, 0.29) is 5.54 Å². The van der Waals surface area contributed by atoms with E-state index in [0.717, 1.165) is 30.7 Å². The van der Waals surface area contributed by atoms with Crippen molar-refractivity contribution < 1.29 is 4.74 Å². The molecule has 0 bridgehead atoms. The van der Waals surface area contributed by atoms with Crippen molar-refractivity contribution in [2.24, 2.45) is 0 Å². The van der Waals surface area contributed by atoms with Crippen molar-refractivity contribution >= 4 is 26.7 Å². The van der Waals surface area contributed by atoms with Gasteiger partial charge in [0.1, 0.15) is 0 Å². The lowest BCUT2D eigenvalue weighted by atomic mass is 10.0. The van der Waals surface area contributed by atoms with Crippen LogP contribution < -0.4 is 5.32 Å². The van der Waals surface area contributed by atoms with Crippen LogP contribution in [0, 0.1) is 0 Å². The molecule has 0 heterocycles. The van der Waals surface area contributed by atoms with Gasteiger partial charge in [0.05, 0.1) is 13.2 Å². The van der Waals surface area contributed by atoms with Gasteiger partial charge in [-0.3, -0.25) is 0 Å². The Hall–Kier alpha value is -0.900. The van der Waals surface area contributed by atoms with Crippen LogP contribution in [0.3, 0.4) is 0 Å². The Morgan fingerprint density at radius 3 is 2.43 bits per heavy atom. The summed E-state index contributed by atoms with van der Waals surface area (Å²) in [4.78, 5) is 0. The molecule has 0 spiro atoms. The molecule has 0 aliphatic carbocycles. The second-order valence-corrected chi connectivity index (χ2v) is 7.15. The molecule has 0 aliphatic rings. The monoisotopic (exact) mass is 349 g/mol. The topological polar surface area (TPSA) is 21.3 Å². The molecule has 2 aromatic rings. The number of ether oxygens (including phenoxy) is 1. The van der Waals surface area contributed by atoms with Gasteiger partial charge in [0.15, 0.2) is 0 Å². The number of rotatable bonds is 6. The Morgan fingerprint density at radius 1 is 1.00 bits per heavy atom. The Morgan fingerprint density at radius 2 is 1.71 bits per heavy atom. The molecule has 2 rings (SSSR count). The van der Waals surface area contributed by atoms with Gasteiger partial charge in [0.2, 0.25) is 0 Å². The zero-order valence-electron chi connectivity index (χ0n) is 13.1. The van der Waals surface area contributed by atoms with Crippen molar-refractivity contribution in [3.63, 3.8) is 0 Å². The number of fused-ring (bicyclic) bond motifs is 1. The van der Waals surface area contributed by atoms with Crippen molar-refractivity contribution in [1.29, 1.82) is 0 Å². The van der Waals surface area contributed by atoms with Gasteiger partial charge >= 0.3 is 0 Å². The lowest BCUT2D eigenvalue weighted by molar-refractivity contribution is 0.134. The van der Waals surface area contributed by atoms with Gasteiger partial charge in [-0.15, -0.1) is 0 Å². The highest BCUT2D eigenvalue weighted by Crippen LogP contribution is 2.27. The quantitative estimate of drug-likeness (QED) is 0.772. The van der Waals surface area contributed by atoms with Crippen molar-refractivity contribution in [3.8, 4) is 0 Å². The molecule has 0 amide bonds. The van der Waals surface area contributed by atoms with Crippen LogP contribution in [0.15, 0.2) is 40.9 Å². The molecule has 0 radical (unpaired) electrons. The molecule has 1 N–H and O–H groups in total. The Labute approximate surface area is 136 Å². The Bertz CT molecular complexity index is 589. The normalized spacial score (nSPS) is 12.0. The Kier molecular flexibility index (Phi) is 5.80. The maximum absolute atomic E-state index is 5.74. The zero-order valence-corrected chi connectivity index (χ0v) is 14.7. The van der Waals surface area contributed by atoms with Crippen LogP contribution in [0.4, 0.5) is 0 Å². The van der Waals surface area contributed by atoms with Crippen LogP contribution in [0.25, 0.3) is 10.8 Å². The summed E-state index contributed by atoms with van der Waals surface area (Å²) in [6, 6.07) is 12.8. The van der Waals surface area contributed by atoms with E-state index in [9.17, 15) is 0 Å². The lowest BCUT2D eigenvalue weighted by Gasteiger charge is -2.20. The summed E-state index contributed by atoms with van der Waals surface area (Å²) in [5.74, 6) is 0. The van der Waals surface area contributed by atoms with E-state index < -0.39 is 0 Å². The van der Waals surface area contributed by atoms with E-state index in [2.05, 4.69) is 78.4 Å². The highest BCUT2D eigenvalue weighted by Gasteiger charge is 2.07. The molecule has 0 atom stereocenters. The van der Waals surface area contributed by atoms with E-state index >= 15 is 0 Å². The van der Waals surface area contributed by atoms with Crippen LogP contribution in [0.1, 0.15) is 26.3 Å². The van der Waals surface area contributed by atoms with Crippen molar-refractivity contribution in [3.05, 3.63) is 46.4 Å². The lowest BCUT2D eigenvalue weighted by Crippen LogP contribution is -2.38. The first-order valence-corrected chi connectivity index (χ1v) is 8.25. The summed E-state index contributed by atoms with van der Waals surface area (Å²) in [5, 5.41) is 6.00. The molecule has 0 saturated heterocycles. The predicted octanol–water partition coefficient (Wildman–Crippen LogP) is 4.55. The van der Waals surface area contributed by atoms with Crippen LogP contribution in [-0.4, -0.2) is 25.3 Å². The van der Waals surface area contributed by atoms with Gasteiger partial charge in [-0.05, 0) is 49.6 Å². The number of hydrogen-bond acceptors (Lipinski definition) is 2. The van der Waals surface area contributed by atoms with Crippen molar-refractivity contribution in [2.45, 2.75) is 32.7 Å². The van der Waals surface area contributed by atoms with Crippen LogP contribution in [0.2, 0.25) is 0 Å². The highest BCUT2D eigenvalue weighted by atomic mass is 79.9. The third kappa shape index (κ3) is 5.10. The molecule has 0 saturated carbocycles. The summed E-state index contributed by atoms with van der Waals surface area (Å²) in [6.07, 6.45) is 0.948. The van der Waals surface area contributed by atoms with Gasteiger partial charge < -0.3 is 10.1 Å².